The zero-order valence-electron chi connectivity index (χ0n) is 14.1. The summed E-state index contributed by atoms with van der Waals surface area (Å²) in [6, 6.07) is 10.7. The number of fused-ring (bicyclic) bond motifs is 1. The normalized spacial score (nSPS) is 18.5. The Bertz CT molecular complexity index is 720. The number of anilines is 1. The monoisotopic (exact) mass is 344 g/mol. The molecular weight excluding hydrogens is 324 g/mol. The van der Waals surface area contributed by atoms with Gasteiger partial charge >= 0.3 is 0 Å². The fourth-order valence-corrected chi connectivity index (χ4v) is 2.39. The predicted molar refractivity (Wildman–Crippen MR) is 91.2 cm³/mol. The Hall–Kier alpha value is -2.80. The van der Waals surface area contributed by atoms with E-state index in [0.717, 1.165) is 0 Å². The van der Waals surface area contributed by atoms with E-state index in [2.05, 4.69) is 10.3 Å². The number of para-hydroxylation sites is 2. The summed E-state index contributed by atoms with van der Waals surface area (Å²) in [5.74, 6) is 1.37. The standard InChI is InChI=1S/C18H20N2O5/c1-12-17(25-15-6-4-3-5-14(15)24-12)18(21)20-13-7-8-16(19-11-13)23-10-9-22-2/h3-8,11-12,17H,9-10H2,1-2H3,(H,20,21)/t12-,17-/m0/s1. The minimum atomic E-state index is -0.743. The SMILES string of the molecule is COCCOc1ccc(NC(=O)[C@H]2Oc3ccccc3O[C@H]2C)cn1. The summed E-state index contributed by atoms with van der Waals surface area (Å²) >= 11 is 0. The third-order valence-electron chi connectivity index (χ3n) is 3.64. The summed E-state index contributed by atoms with van der Waals surface area (Å²) < 4.78 is 21.8. The second-order valence-electron chi connectivity index (χ2n) is 5.52. The van der Waals surface area contributed by atoms with Gasteiger partial charge in [0.2, 0.25) is 12.0 Å². The van der Waals surface area contributed by atoms with E-state index in [4.69, 9.17) is 18.9 Å². The Morgan fingerprint density at radius 2 is 1.92 bits per heavy atom. The average Bonchev–Trinajstić information content (AvgIpc) is 2.62. The summed E-state index contributed by atoms with van der Waals surface area (Å²) in [6.45, 7) is 2.70. The van der Waals surface area contributed by atoms with Crippen molar-refractivity contribution in [2.45, 2.75) is 19.1 Å². The van der Waals surface area contributed by atoms with Crippen molar-refractivity contribution in [3.05, 3.63) is 42.6 Å². The summed E-state index contributed by atoms with van der Waals surface area (Å²) in [4.78, 5) is 16.6. The van der Waals surface area contributed by atoms with Crippen LogP contribution in [0.25, 0.3) is 0 Å². The Balaban J connectivity index is 1.60. The molecule has 2 heterocycles. The third kappa shape index (κ3) is 4.19. The van der Waals surface area contributed by atoms with Crippen LogP contribution in [0.4, 0.5) is 5.69 Å². The van der Waals surface area contributed by atoms with Crippen molar-refractivity contribution in [1.29, 1.82) is 0 Å². The highest BCUT2D eigenvalue weighted by molar-refractivity contribution is 5.95. The van der Waals surface area contributed by atoms with Gasteiger partial charge in [0.25, 0.3) is 5.91 Å². The maximum Gasteiger partial charge on any atom is 0.269 e. The molecule has 132 valence electrons. The van der Waals surface area contributed by atoms with Gasteiger partial charge in [-0.15, -0.1) is 0 Å². The molecule has 1 aromatic carbocycles. The van der Waals surface area contributed by atoms with E-state index in [1.54, 1.807) is 32.2 Å². The van der Waals surface area contributed by atoms with Gasteiger partial charge < -0.3 is 24.3 Å². The number of nitrogens with one attached hydrogen (secondary N) is 1. The summed E-state index contributed by atoms with van der Waals surface area (Å²) in [5, 5.41) is 2.78. The lowest BCUT2D eigenvalue weighted by Gasteiger charge is -2.30. The number of benzene rings is 1. The van der Waals surface area contributed by atoms with Crippen LogP contribution >= 0.6 is 0 Å². The van der Waals surface area contributed by atoms with Crippen LogP contribution < -0.4 is 19.5 Å². The number of nitrogens with zero attached hydrogens (tertiary/aromatic N) is 1. The van der Waals surface area contributed by atoms with Crippen LogP contribution in [-0.2, 0) is 9.53 Å². The maximum atomic E-state index is 12.5. The Labute approximate surface area is 145 Å². The van der Waals surface area contributed by atoms with E-state index in [-0.39, 0.29) is 5.91 Å². The third-order valence-corrected chi connectivity index (χ3v) is 3.64. The van der Waals surface area contributed by atoms with Crippen molar-refractivity contribution in [2.75, 3.05) is 25.6 Å². The molecule has 1 aliphatic rings. The topological polar surface area (TPSA) is 78.9 Å². The molecule has 0 bridgehead atoms. The number of rotatable bonds is 6. The number of carbonyl (C=O) groups excluding carboxylic acids is 1. The quantitative estimate of drug-likeness (QED) is 0.810. The summed E-state index contributed by atoms with van der Waals surface area (Å²) in [6.07, 6.45) is 0.384. The van der Waals surface area contributed by atoms with Crippen LogP contribution in [0, 0.1) is 0 Å². The van der Waals surface area contributed by atoms with E-state index < -0.39 is 12.2 Å². The van der Waals surface area contributed by atoms with Gasteiger partial charge in [0.1, 0.15) is 12.7 Å². The molecule has 0 radical (unpaired) electrons. The second-order valence-corrected chi connectivity index (χ2v) is 5.52. The molecule has 1 aliphatic heterocycles. The van der Waals surface area contributed by atoms with Gasteiger partial charge in [-0.25, -0.2) is 4.98 Å². The Kier molecular flexibility index (Phi) is 5.35. The highest BCUT2D eigenvalue weighted by atomic mass is 16.6. The van der Waals surface area contributed by atoms with E-state index in [1.165, 1.54) is 6.20 Å². The van der Waals surface area contributed by atoms with Gasteiger partial charge in [-0.05, 0) is 25.1 Å². The molecule has 0 fully saturated rings. The van der Waals surface area contributed by atoms with Crippen LogP contribution in [0.3, 0.4) is 0 Å². The number of hydrogen-bond acceptors (Lipinski definition) is 6. The van der Waals surface area contributed by atoms with Crippen molar-refractivity contribution >= 4 is 11.6 Å². The van der Waals surface area contributed by atoms with Gasteiger partial charge in [-0.2, -0.15) is 0 Å². The van der Waals surface area contributed by atoms with Crippen molar-refractivity contribution in [1.82, 2.24) is 4.98 Å². The average molecular weight is 344 g/mol. The molecule has 0 saturated carbocycles. The van der Waals surface area contributed by atoms with Crippen LogP contribution in [0.2, 0.25) is 0 Å². The van der Waals surface area contributed by atoms with Crippen molar-refractivity contribution in [3.8, 4) is 17.4 Å². The number of carbonyl (C=O) groups is 1. The second kappa shape index (κ2) is 7.85. The summed E-state index contributed by atoms with van der Waals surface area (Å²) in [5.41, 5.74) is 0.554. The van der Waals surface area contributed by atoms with E-state index in [9.17, 15) is 4.79 Å². The fraction of sp³-hybridized carbons (Fsp3) is 0.333. The number of methoxy groups -OCH3 is 1. The molecule has 25 heavy (non-hydrogen) atoms. The first-order valence-corrected chi connectivity index (χ1v) is 7.98. The molecule has 7 heteroatoms. The van der Waals surface area contributed by atoms with Gasteiger partial charge in [-0.3, -0.25) is 4.79 Å². The van der Waals surface area contributed by atoms with Crippen molar-refractivity contribution < 1.29 is 23.7 Å². The maximum absolute atomic E-state index is 12.5. The highest BCUT2D eigenvalue weighted by Gasteiger charge is 2.34. The van der Waals surface area contributed by atoms with Crippen LogP contribution in [0.15, 0.2) is 42.6 Å². The fourth-order valence-electron chi connectivity index (χ4n) is 2.39. The number of hydrogen-bond donors (Lipinski definition) is 1. The molecule has 0 unspecified atom stereocenters. The van der Waals surface area contributed by atoms with Gasteiger partial charge in [0, 0.05) is 13.2 Å². The van der Waals surface area contributed by atoms with Crippen molar-refractivity contribution in [2.24, 2.45) is 0 Å². The van der Waals surface area contributed by atoms with Gasteiger partial charge in [0.15, 0.2) is 11.5 Å². The zero-order chi connectivity index (χ0) is 17.6. The minimum absolute atomic E-state index is 0.295. The van der Waals surface area contributed by atoms with Gasteiger partial charge in [0.05, 0.1) is 18.5 Å². The first kappa shape index (κ1) is 17.0. The molecule has 1 N–H and O–H groups in total. The Morgan fingerprint density at radius 3 is 2.60 bits per heavy atom. The Morgan fingerprint density at radius 1 is 1.16 bits per heavy atom. The number of ether oxygens (including phenoxy) is 4. The van der Waals surface area contributed by atoms with Crippen LogP contribution in [-0.4, -0.2) is 43.4 Å². The highest BCUT2D eigenvalue weighted by Crippen LogP contribution is 2.33. The number of pyridine rings is 1. The molecule has 3 rings (SSSR count). The smallest absolute Gasteiger partial charge is 0.269 e. The van der Waals surface area contributed by atoms with E-state index >= 15 is 0 Å². The lowest BCUT2D eigenvalue weighted by atomic mass is 10.1. The molecule has 2 atom stereocenters. The van der Waals surface area contributed by atoms with E-state index in [0.29, 0.717) is 36.3 Å². The van der Waals surface area contributed by atoms with Crippen molar-refractivity contribution in [3.63, 3.8) is 0 Å². The predicted octanol–water partition coefficient (Wildman–Crippen LogP) is 2.27. The van der Waals surface area contributed by atoms with E-state index in [1.807, 2.05) is 18.2 Å². The first-order valence-electron chi connectivity index (χ1n) is 7.98. The molecule has 2 aromatic rings. The molecule has 1 aromatic heterocycles. The summed E-state index contributed by atoms with van der Waals surface area (Å²) in [7, 11) is 1.60. The molecule has 0 spiro atoms. The van der Waals surface area contributed by atoms with Crippen LogP contribution in [0.5, 0.6) is 17.4 Å². The lowest BCUT2D eigenvalue weighted by molar-refractivity contribution is -0.128. The zero-order valence-corrected chi connectivity index (χ0v) is 14.1. The minimum Gasteiger partial charge on any atom is -0.482 e. The van der Waals surface area contributed by atoms with Crippen LogP contribution in [0.1, 0.15) is 6.92 Å². The molecule has 0 saturated heterocycles. The number of amides is 1. The molecule has 7 nitrogen and oxygen atoms in total. The van der Waals surface area contributed by atoms with Gasteiger partial charge in [-0.1, -0.05) is 12.1 Å². The molecule has 0 aliphatic carbocycles. The molecule has 1 amide bonds. The number of aromatic nitrogens is 1. The lowest BCUT2D eigenvalue weighted by Crippen LogP contribution is -2.46. The largest absolute Gasteiger partial charge is 0.482 e. The first-order chi connectivity index (χ1) is 12.2. The molecular formula is C18H20N2O5.